The maximum Gasteiger partial charge on any atom is 0.254 e. The normalized spacial score (nSPS) is 16.1. The number of benzene rings is 1. The van der Waals surface area contributed by atoms with Crippen LogP contribution >= 0.6 is 11.6 Å². The van der Waals surface area contributed by atoms with Gasteiger partial charge in [-0.15, -0.1) is 0 Å². The van der Waals surface area contributed by atoms with Gasteiger partial charge in [0.05, 0.1) is 10.6 Å². The molecule has 1 heterocycles. The van der Waals surface area contributed by atoms with Crippen molar-refractivity contribution in [1.29, 1.82) is 0 Å². The van der Waals surface area contributed by atoms with Gasteiger partial charge in [-0.3, -0.25) is 4.79 Å². The summed E-state index contributed by atoms with van der Waals surface area (Å²) in [6.07, 6.45) is 5.44. The van der Waals surface area contributed by atoms with Gasteiger partial charge in [-0.2, -0.15) is 0 Å². The van der Waals surface area contributed by atoms with Crippen LogP contribution in [0.4, 0.5) is 4.39 Å². The quantitative estimate of drug-likeness (QED) is 0.761. The first-order chi connectivity index (χ1) is 12.5. The Bertz CT molecular complexity index is 781. The zero-order valence-corrected chi connectivity index (χ0v) is 14.9. The van der Waals surface area contributed by atoms with Crippen molar-refractivity contribution < 1.29 is 19.0 Å². The standard InChI is InChI=1S/C19H20ClFN2O3/c20-16-7-6-14(26-17-10-13(21)8-9-22-17)11-15(16)19(25)23-18(24)12-4-2-1-3-5-12/h6-12,18,24H,1-5H2,(H,23,25). The number of nitrogens with one attached hydrogen (secondary N) is 1. The summed E-state index contributed by atoms with van der Waals surface area (Å²) in [4.78, 5) is 16.4. The summed E-state index contributed by atoms with van der Waals surface area (Å²) >= 11 is 6.11. The van der Waals surface area contributed by atoms with Crippen molar-refractivity contribution in [2.24, 2.45) is 5.92 Å². The Balaban J connectivity index is 1.71. The second kappa shape index (κ2) is 8.47. The van der Waals surface area contributed by atoms with Gasteiger partial charge in [-0.05, 0) is 37.1 Å². The number of hydrogen-bond donors (Lipinski definition) is 2. The molecule has 0 bridgehead atoms. The number of aliphatic hydroxyl groups excluding tert-OH is 1. The molecule has 2 N–H and O–H groups in total. The van der Waals surface area contributed by atoms with Crippen molar-refractivity contribution in [2.45, 2.75) is 38.3 Å². The molecule has 3 rings (SSSR count). The van der Waals surface area contributed by atoms with Crippen LogP contribution < -0.4 is 10.1 Å². The molecule has 1 aliphatic rings. The predicted molar refractivity (Wildman–Crippen MR) is 95.8 cm³/mol. The zero-order valence-electron chi connectivity index (χ0n) is 14.1. The molecule has 1 aromatic heterocycles. The lowest BCUT2D eigenvalue weighted by atomic mass is 9.88. The van der Waals surface area contributed by atoms with Crippen LogP contribution in [0.2, 0.25) is 5.02 Å². The molecule has 0 radical (unpaired) electrons. The Morgan fingerprint density at radius 2 is 2.04 bits per heavy atom. The third-order valence-electron chi connectivity index (χ3n) is 4.48. The molecular formula is C19H20ClFN2O3. The van der Waals surface area contributed by atoms with Crippen molar-refractivity contribution in [3.63, 3.8) is 0 Å². The van der Waals surface area contributed by atoms with Crippen molar-refractivity contribution in [3.8, 4) is 11.6 Å². The van der Waals surface area contributed by atoms with Crippen LogP contribution in [-0.4, -0.2) is 22.2 Å². The number of carbonyl (C=O) groups excluding carboxylic acids is 1. The second-order valence-corrected chi connectivity index (χ2v) is 6.78. The van der Waals surface area contributed by atoms with Crippen molar-refractivity contribution >= 4 is 17.5 Å². The Labute approximate surface area is 156 Å². The van der Waals surface area contributed by atoms with E-state index in [1.807, 2.05) is 0 Å². The summed E-state index contributed by atoms with van der Waals surface area (Å²) < 4.78 is 18.7. The van der Waals surface area contributed by atoms with Crippen LogP contribution in [0.3, 0.4) is 0 Å². The molecule has 0 saturated heterocycles. The molecule has 1 amide bonds. The fourth-order valence-corrected chi connectivity index (χ4v) is 3.29. The van der Waals surface area contributed by atoms with Gasteiger partial charge in [-0.25, -0.2) is 9.37 Å². The average molecular weight is 379 g/mol. The Morgan fingerprint density at radius 3 is 2.77 bits per heavy atom. The van der Waals surface area contributed by atoms with Gasteiger partial charge in [0.25, 0.3) is 5.91 Å². The SMILES string of the molecule is O=C(NC(O)C1CCCCC1)c1cc(Oc2cc(F)ccn2)ccc1Cl. The lowest BCUT2D eigenvalue weighted by molar-refractivity contribution is 0.0463. The average Bonchev–Trinajstić information content (AvgIpc) is 2.64. The van der Waals surface area contributed by atoms with E-state index in [1.54, 1.807) is 6.07 Å². The van der Waals surface area contributed by atoms with E-state index in [4.69, 9.17) is 16.3 Å². The molecule has 0 aliphatic heterocycles. The highest BCUT2D eigenvalue weighted by atomic mass is 35.5. The van der Waals surface area contributed by atoms with Crippen molar-refractivity contribution in [3.05, 3.63) is 52.9 Å². The molecule has 7 heteroatoms. The summed E-state index contributed by atoms with van der Waals surface area (Å²) in [6, 6.07) is 6.86. The summed E-state index contributed by atoms with van der Waals surface area (Å²) in [5, 5.41) is 13.1. The molecule has 5 nitrogen and oxygen atoms in total. The fourth-order valence-electron chi connectivity index (χ4n) is 3.08. The second-order valence-electron chi connectivity index (χ2n) is 6.37. The van der Waals surface area contributed by atoms with E-state index < -0.39 is 18.0 Å². The van der Waals surface area contributed by atoms with Crippen LogP contribution in [0, 0.1) is 11.7 Å². The molecule has 2 aromatic rings. The first-order valence-electron chi connectivity index (χ1n) is 8.61. The van der Waals surface area contributed by atoms with Crippen molar-refractivity contribution in [2.75, 3.05) is 0 Å². The summed E-state index contributed by atoms with van der Waals surface area (Å²) in [6.45, 7) is 0. The third kappa shape index (κ3) is 4.71. The van der Waals surface area contributed by atoms with E-state index in [0.717, 1.165) is 38.2 Å². The first kappa shape index (κ1) is 18.6. The topological polar surface area (TPSA) is 71.5 Å². The predicted octanol–water partition coefficient (Wildman–Crippen LogP) is 4.29. The Morgan fingerprint density at radius 1 is 1.27 bits per heavy atom. The zero-order chi connectivity index (χ0) is 18.5. The number of aliphatic hydroxyl groups is 1. The third-order valence-corrected chi connectivity index (χ3v) is 4.81. The number of amides is 1. The highest BCUT2D eigenvalue weighted by molar-refractivity contribution is 6.33. The number of halogens is 2. The number of nitrogens with zero attached hydrogens (tertiary/aromatic N) is 1. The molecule has 1 saturated carbocycles. The number of aromatic nitrogens is 1. The maximum absolute atomic E-state index is 13.2. The van der Waals surface area contributed by atoms with Crippen LogP contribution in [0.1, 0.15) is 42.5 Å². The van der Waals surface area contributed by atoms with E-state index in [-0.39, 0.29) is 22.4 Å². The van der Waals surface area contributed by atoms with E-state index >= 15 is 0 Å². The minimum absolute atomic E-state index is 0.0578. The number of ether oxygens (including phenoxy) is 1. The number of carbonyl (C=O) groups is 1. The van der Waals surface area contributed by atoms with E-state index in [9.17, 15) is 14.3 Å². The van der Waals surface area contributed by atoms with Gasteiger partial charge in [0.2, 0.25) is 5.88 Å². The summed E-state index contributed by atoms with van der Waals surface area (Å²) in [7, 11) is 0. The van der Waals surface area contributed by atoms with Gasteiger partial charge in [0, 0.05) is 18.2 Å². The molecule has 0 spiro atoms. The summed E-state index contributed by atoms with van der Waals surface area (Å²) in [5.41, 5.74) is 0.176. The number of hydrogen-bond acceptors (Lipinski definition) is 4. The molecule has 1 aromatic carbocycles. The molecule has 26 heavy (non-hydrogen) atoms. The fraction of sp³-hybridized carbons (Fsp3) is 0.368. The molecular weight excluding hydrogens is 359 g/mol. The minimum Gasteiger partial charge on any atom is -0.439 e. The van der Waals surface area contributed by atoms with Crippen LogP contribution in [-0.2, 0) is 0 Å². The lowest BCUT2D eigenvalue weighted by Gasteiger charge is -2.27. The van der Waals surface area contributed by atoms with Gasteiger partial charge in [0.15, 0.2) is 0 Å². The monoisotopic (exact) mass is 378 g/mol. The van der Waals surface area contributed by atoms with Crippen LogP contribution in [0.25, 0.3) is 0 Å². The maximum atomic E-state index is 13.2. The van der Waals surface area contributed by atoms with Gasteiger partial charge >= 0.3 is 0 Å². The number of rotatable bonds is 5. The van der Waals surface area contributed by atoms with Gasteiger partial charge in [0.1, 0.15) is 17.8 Å². The molecule has 1 aliphatic carbocycles. The van der Waals surface area contributed by atoms with Gasteiger partial charge in [-0.1, -0.05) is 30.9 Å². The van der Waals surface area contributed by atoms with E-state index in [1.165, 1.54) is 24.4 Å². The molecule has 1 atom stereocenters. The van der Waals surface area contributed by atoms with E-state index in [2.05, 4.69) is 10.3 Å². The van der Waals surface area contributed by atoms with Crippen LogP contribution in [0.15, 0.2) is 36.5 Å². The van der Waals surface area contributed by atoms with Crippen molar-refractivity contribution in [1.82, 2.24) is 10.3 Å². The largest absolute Gasteiger partial charge is 0.439 e. The molecule has 1 unspecified atom stereocenters. The van der Waals surface area contributed by atoms with E-state index in [0.29, 0.717) is 5.75 Å². The summed E-state index contributed by atoms with van der Waals surface area (Å²) in [5.74, 6) is -0.531. The van der Waals surface area contributed by atoms with Gasteiger partial charge < -0.3 is 15.2 Å². The molecule has 138 valence electrons. The highest BCUT2D eigenvalue weighted by Crippen LogP contribution is 2.28. The van der Waals surface area contributed by atoms with Crippen LogP contribution in [0.5, 0.6) is 11.6 Å². The lowest BCUT2D eigenvalue weighted by Crippen LogP contribution is -2.41. The number of pyridine rings is 1. The molecule has 1 fully saturated rings. The minimum atomic E-state index is -0.909. The highest BCUT2D eigenvalue weighted by Gasteiger charge is 2.24. The first-order valence-corrected chi connectivity index (χ1v) is 8.98. The smallest absolute Gasteiger partial charge is 0.254 e. The Kier molecular flexibility index (Phi) is 6.06. The Hall–Kier alpha value is -2.18.